The highest BCUT2D eigenvalue weighted by Gasteiger charge is 2.33. The van der Waals surface area contributed by atoms with Crippen LogP contribution in [0.5, 0.6) is 0 Å². The van der Waals surface area contributed by atoms with Crippen molar-refractivity contribution in [3.05, 3.63) is 71.9 Å². The Bertz CT molecular complexity index is 1010. The fourth-order valence-electron chi connectivity index (χ4n) is 4.22. The highest BCUT2D eigenvalue weighted by atomic mass is 16.5. The van der Waals surface area contributed by atoms with Gasteiger partial charge in [-0.15, -0.1) is 5.10 Å². The molecule has 2 atom stereocenters. The molecule has 1 amide bonds. The fourth-order valence-corrected chi connectivity index (χ4v) is 4.22. The summed E-state index contributed by atoms with van der Waals surface area (Å²) >= 11 is 0. The third-order valence-corrected chi connectivity index (χ3v) is 5.88. The van der Waals surface area contributed by atoms with Crippen LogP contribution < -0.4 is 5.48 Å². The first-order valence-electron chi connectivity index (χ1n) is 10.5. The van der Waals surface area contributed by atoms with E-state index in [-0.39, 0.29) is 18.7 Å². The smallest absolute Gasteiger partial charge is 0.274 e. The van der Waals surface area contributed by atoms with E-state index in [1.54, 1.807) is 23.7 Å². The van der Waals surface area contributed by atoms with Gasteiger partial charge in [0.25, 0.3) is 5.91 Å². The standard InChI is InChI=1S/C23H27N5O3/c29-16-21-13-20(14-27(21)11-5-8-17-6-2-1-3-7-17)28-15-22(24-26-28)18-9-4-10-19(12-18)23(30)25-31/h1-4,6-7,9-10,12,15,20-21,29,31H,5,8,11,13-14,16H2,(H,25,30)/t20-,21+/m1/s1. The van der Waals surface area contributed by atoms with E-state index in [2.05, 4.69) is 39.5 Å². The van der Waals surface area contributed by atoms with Crippen LogP contribution in [0.25, 0.3) is 11.3 Å². The van der Waals surface area contributed by atoms with E-state index in [4.69, 9.17) is 5.21 Å². The Balaban J connectivity index is 1.40. The van der Waals surface area contributed by atoms with Crippen molar-refractivity contribution in [2.24, 2.45) is 0 Å². The lowest BCUT2D eigenvalue weighted by molar-refractivity contribution is 0.0706. The number of benzene rings is 2. The number of hydrogen-bond donors (Lipinski definition) is 3. The number of likely N-dealkylation sites (tertiary alicyclic amines) is 1. The minimum absolute atomic E-state index is 0.116. The van der Waals surface area contributed by atoms with E-state index in [1.807, 2.05) is 23.0 Å². The Hall–Kier alpha value is -3.07. The summed E-state index contributed by atoms with van der Waals surface area (Å²) in [6.07, 6.45) is 4.75. The number of hydrogen-bond acceptors (Lipinski definition) is 6. The predicted octanol–water partition coefficient (Wildman–Crippen LogP) is 2.30. The molecule has 31 heavy (non-hydrogen) atoms. The topological polar surface area (TPSA) is 104 Å². The summed E-state index contributed by atoms with van der Waals surface area (Å²) in [5.41, 5.74) is 4.74. The van der Waals surface area contributed by atoms with Gasteiger partial charge >= 0.3 is 0 Å². The maximum absolute atomic E-state index is 11.7. The molecule has 1 aromatic heterocycles. The third-order valence-electron chi connectivity index (χ3n) is 5.88. The van der Waals surface area contributed by atoms with Crippen molar-refractivity contribution in [3.8, 4) is 11.3 Å². The number of carbonyl (C=O) groups is 1. The molecule has 8 nitrogen and oxygen atoms in total. The van der Waals surface area contributed by atoms with Crippen LogP contribution in [0.3, 0.4) is 0 Å². The molecule has 1 aliphatic rings. The molecule has 2 aromatic carbocycles. The van der Waals surface area contributed by atoms with Gasteiger partial charge in [-0.25, -0.2) is 10.2 Å². The number of nitrogens with one attached hydrogen (secondary N) is 1. The molecule has 1 saturated heterocycles. The summed E-state index contributed by atoms with van der Waals surface area (Å²) in [7, 11) is 0. The van der Waals surface area contributed by atoms with Crippen molar-refractivity contribution >= 4 is 5.91 Å². The van der Waals surface area contributed by atoms with Crippen molar-refractivity contribution in [1.29, 1.82) is 0 Å². The van der Waals surface area contributed by atoms with E-state index in [0.29, 0.717) is 11.3 Å². The SMILES string of the molecule is O=C(NO)c1cccc(-c2cn([C@@H]3C[C@@H](CO)N(CCCc4ccccc4)C3)nn2)c1. The van der Waals surface area contributed by atoms with Crippen LogP contribution in [-0.2, 0) is 6.42 Å². The molecule has 2 heterocycles. The number of aliphatic hydroxyl groups is 1. The van der Waals surface area contributed by atoms with Gasteiger partial charge in [0.05, 0.1) is 18.8 Å². The first kappa shape index (κ1) is 21.2. The number of aliphatic hydroxyl groups excluding tert-OH is 1. The van der Waals surface area contributed by atoms with Gasteiger partial charge in [0.2, 0.25) is 0 Å². The predicted molar refractivity (Wildman–Crippen MR) is 116 cm³/mol. The molecule has 4 rings (SSSR count). The molecule has 3 N–H and O–H groups in total. The first-order chi connectivity index (χ1) is 15.2. The van der Waals surface area contributed by atoms with Crippen LogP contribution in [0.15, 0.2) is 60.8 Å². The molecule has 0 bridgehead atoms. The lowest BCUT2D eigenvalue weighted by atomic mass is 10.1. The minimum Gasteiger partial charge on any atom is -0.395 e. The summed E-state index contributed by atoms with van der Waals surface area (Å²) < 4.78 is 1.86. The first-order valence-corrected chi connectivity index (χ1v) is 10.5. The van der Waals surface area contributed by atoms with Crippen LogP contribution >= 0.6 is 0 Å². The van der Waals surface area contributed by atoms with Crippen molar-refractivity contribution in [2.45, 2.75) is 31.3 Å². The van der Waals surface area contributed by atoms with E-state index >= 15 is 0 Å². The molecule has 1 fully saturated rings. The molecule has 3 aromatic rings. The van der Waals surface area contributed by atoms with E-state index in [1.165, 1.54) is 5.56 Å². The Morgan fingerprint density at radius 3 is 2.77 bits per heavy atom. The molecule has 162 valence electrons. The van der Waals surface area contributed by atoms with Gasteiger partial charge in [-0.2, -0.15) is 0 Å². The van der Waals surface area contributed by atoms with Crippen LogP contribution in [0, 0.1) is 0 Å². The third kappa shape index (κ3) is 4.99. The molecule has 0 unspecified atom stereocenters. The van der Waals surface area contributed by atoms with Gasteiger partial charge < -0.3 is 5.11 Å². The Kier molecular flexibility index (Phi) is 6.71. The van der Waals surface area contributed by atoms with Gasteiger partial charge in [0.1, 0.15) is 5.69 Å². The summed E-state index contributed by atoms with van der Waals surface area (Å²) in [6, 6.07) is 17.6. The zero-order valence-electron chi connectivity index (χ0n) is 17.3. The van der Waals surface area contributed by atoms with Crippen molar-refractivity contribution in [2.75, 3.05) is 19.7 Å². The summed E-state index contributed by atoms with van der Waals surface area (Å²) in [4.78, 5) is 14.0. The van der Waals surface area contributed by atoms with Crippen molar-refractivity contribution < 1.29 is 15.1 Å². The second kappa shape index (κ2) is 9.82. The average Bonchev–Trinajstić information content (AvgIpc) is 3.46. The zero-order chi connectivity index (χ0) is 21.6. The number of hydroxylamine groups is 1. The number of carbonyl (C=O) groups excluding carboxylic acids is 1. The average molecular weight is 422 g/mol. The summed E-state index contributed by atoms with van der Waals surface area (Å²) in [6.45, 7) is 1.87. The molecular weight excluding hydrogens is 394 g/mol. The summed E-state index contributed by atoms with van der Waals surface area (Å²) in [5.74, 6) is -0.568. The Morgan fingerprint density at radius 1 is 1.16 bits per heavy atom. The van der Waals surface area contributed by atoms with Crippen molar-refractivity contribution in [3.63, 3.8) is 0 Å². The molecule has 0 aliphatic carbocycles. The normalized spacial score (nSPS) is 18.9. The fraction of sp³-hybridized carbons (Fsp3) is 0.348. The lowest BCUT2D eigenvalue weighted by Gasteiger charge is -2.22. The number of rotatable bonds is 8. The van der Waals surface area contributed by atoms with Crippen LogP contribution in [0.2, 0.25) is 0 Å². The van der Waals surface area contributed by atoms with Gasteiger partial charge in [-0.1, -0.05) is 47.7 Å². The van der Waals surface area contributed by atoms with Gasteiger partial charge in [0.15, 0.2) is 0 Å². The monoisotopic (exact) mass is 421 g/mol. The highest BCUT2D eigenvalue weighted by Crippen LogP contribution is 2.28. The Labute approximate surface area is 181 Å². The van der Waals surface area contributed by atoms with E-state index < -0.39 is 5.91 Å². The molecule has 0 spiro atoms. The zero-order valence-corrected chi connectivity index (χ0v) is 17.3. The molecule has 0 saturated carbocycles. The second-order valence-electron chi connectivity index (χ2n) is 7.92. The molecule has 8 heteroatoms. The maximum Gasteiger partial charge on any atom is 0.274 e. The summed E-state index contributed by atoms with van der Waals surface area (Å²) in [5, 5.41) is 27.3. The number of aromatic nitrogens is 3. The van der Waals surface area contributed by atoms with Gasteiger partial charge in [0, 0.05) is 23.7 Å². The quantitative estimate of drug-likeness (QED) is 0.381. The Morgan fingerprint density at radius 2 is 2.00 bits per heavy atom. The number of amides is 1. The number of nitrogens with zero attached hydrogens (tertiary/aromatic N) is 4. The maximum atomic E-state index is 11.7. The minimum atomic E-state index is -0.568. The molecule has 1 aliphatic heterocycles. The number of aryl methyl sites for hydroxylation is 1. The van der Waals surface area contributed by atoms with Crippen LogP contribution in [-0.4, -0.2) is 61.9 Å². The van der Waals surface area contributed by atoms with Crippen LogP contribution in [0.4, 0.5) is 0 Å². The van der Waals surface area contributed by atoms with E-state index in [9.17, 15) is 9.90 Å². The highest BCUT2D eigenvalue weighted by molar-refractivity contribution is 5.94. The lowest BCUT2D eigenvalue weighted by Crippen LogP contribution is -2.33. The van der Waals surface area contributed by atoms with Gasteiger partial charge in [-0.05, 0) is 43.5 Å². The van der Waals surface area contributed by atoms with Crippen molar-refractivity contribution in [1.82, 2.24) is 25.4 Å². The largest absolute Gasteiger partial charge is 0.395 e. The van der Waals surface area contributed by atoms with E-state index in [0.717, 1.165) is 37.9 Å². The van der Waals surface area contributed by atoms with Crippen LogP contribution in [0.1, 0.15) is 34.8 Å². The van der Waals surface area contributed by atoms with Gasteiger partial charge in [-0.3, -0.25) is 14.9 Å². The molecule has 0 radical (unpaired) electrons. The molecular formula is C23H27N5O3. The second-order valence-corrected chi connectivity index (χ2v) is 7.92.